The summed E-state index contributed by atoms with van der Waals surface area (Å²) < 4.78 is 0. The number of hydrogen-bond acceptors (Lipinski definition) is 3. The highest BCUT2D eigenvalue weighted by Crippen LogP contribution is 2.40. The molecule has 1 heterocycles. The molecule has 1 aliphatic rings. The van der Waals surface area contributed by atoms with E-state index < -0.39 is 12.0 Å². The van der Waals surface area contributed by atoms with Gasteiger partial charge in [-0.05, 0) is 41.3 Å². The van der Waals surface area contributed by atoms with Crippen LogP contribution in [0.3, 0.4) is 0 Å². The van der Waals surface area contributed by atoms with Crippen molar-refractivity contribution in [2.45, 2.75) is 31.3 Å². The first-order valence-corrected chi connectivity index (χ1v) is 7.70. The maximum absolute atomic E-state index is 11.4. The Morgan fingerprint density at radius 3 is 2.60 bits per heavy atom. The van der Waals surface area contributed by atoms with E-state index in [2.05, 4.69) is 17.4 Å². The number of nitrogens with one attached hydrogen (secondary N) is 1. The van der Waals surface area contributed by atoms with Crippen molar-refractivity contribution >= 4 is 17.3 Å². The summed E-state index contributed by atoms with van der Waals surface area (Å²) in [5.41, 5.74) is 2.15. The van der Waals surface area contributed by atoms with Crippen molar-refractivity contribution in [3.63, 3.8) is 0 Å². The van der Waals surface area contributed by atoms with Crippen LogP contribution in [0.25, 0.3) is 0 Å². The van der Waals surface area contributed by atoms with E-state index in [9.17, 15) is 9.90 Å². The van der Waals surface area contributed by atoms with Crippen LogP contribution in [0.2, 0.25) is 0 Å². The Balaban J connectivity index is 1.70. The predicted octanol–water partition coefficient (Wildman–Crippen LogP) is 3.54. The van der Waals surface area contributed by atoms with E-state index >= 15 is 0 Å². The number of benzene rings is 1. The fourth-order valence-electron chi connectivity index (χ4n) is 2.34. The molecule has 1 aliphatic carbocycles. The van der Waals surface area contributed by atoms with Crippen LogP contribution < -0.4 is 5.32 Å². The molecule has 0 amide bonds. The summed E-state index contributed by atoms with van der Waals surface area (Å²) in [5, 5.41) is 14.5. The molecule has 0 spiro atoms. The minimum Gasteiger partial charge on any atom is -0.480 e. The first kappa shape index (κ1) is 13.3. The van der Waals surface area contributed by atoms with E-state index in [0.717, 1.165) is 10.4 Å². The van der Waals surface area contributed by atoms with Crippen molar-refractivity contribution in [2.24, 2.45) is 0 Å². The summed E-state index contributed by atoms with van der Waals surface area (Å²) in [6.07, 6.45) is 2.52. The third kappa shape index (κ3) is 3.08. The van der Waals surface area contributed by atoms with Crippen molar-refractivity contribution in [1.82, 2.24) is 5.32 Å². The minimum atomic E-state index is -0.833. The van der Waals surface area contributed by atoms with Crippen molar-refractivity contribution in [1.29, 1.82) is 0 Å². The molecule has 1 fully saturated rings. The summed E-state index contributed by atoms with van der Waals surface area (Å²) in [7, 11) is 0. The first-order chi connectivity index (χ1) is 9.74. The van der Waals surface area contributed by atoms with E-state index in [1.54, 1.807) is 11.3 Å². The lowest BCUT2D eigenvalue weighted by atomic mass is 10.0. The molecular weight excluding hydrogens is 270 g/mol. The summed E-state index contributed by atoms with van der Waals surface area (Å²) in [6.45, 7) is 0.582. The zero-order valence-electron chi connectivity index (χ0n) is 11.1. The van der Waals surface area contributed by atoms with Gasteiger partial charge in [0.15, 0.2) is 0 Å². The number of rotatable bonds is 6. The summed E-state index contributed by atoms with van der Waals surface area (Å²) >= 11 is 1.63. The third-order valence-corrected chi connectivity index (χ3v) is 4.50. The Morgan fingerprint density at radius 2 is 2.05 bits per heavy atom. The third-order valence-electron chi connectivity index (χ3n) is 3.63. The molecule has 2 aromatic rings. The van der Waals surface area contributed by atoms with Gasteiger partial charge in [-0.1, -0.05) is 30.3 Å². The summed E-state index contributed by atoms with van der Waals surface area (Å²) in [6, 6.07) is 11.3. The molecular formula is C16H17NO2S. The van der Waals surface area contributed by atoms with Gasteiger partial charge in [0.25, 0.3) is 0 Å². The van der Waals surface area contributed by atoms with E-state index in [-0.39, 0.29) is 0 Å². The number of thiophene rings is 1. The largest absolute Gasteiger partial charge is 0.480 e. The summed E-state index contributed by atoms with van der Waals surface area (Å²) in [5.74, 6) is -0.132. The molecule has 1 aromatic heterocycles. The Bertz CT molecular complexity index is 573. The fraction of sp³-hybridized carbons (Fsp3) is 0.312. The summed E-state index contributed by atoms with van der Waals surface area (Å²) in [4.78, 5) is 12.6. The highest BCUT2D eigenvalue weighted by atomic mass is 32.1. The fourth-order valence-corrected chi connectivity index (χ4v) is 3.00. The number of hydrogen-bond donors (Lipinski definition) is 2. The van der Waals surface area contributed by atoms with Crippen LogP contribution in [0.4, 0.5) is 0 Å². The zero-order valence-corrected chi connectivity index (χ0v) is 11.9. The van der Waals surface area contributed by atoms with Crippen LogP contribution in [0.5, 0.6) is 0 Å². The SMILES string of the molecule is O=C(O)C(NCc1cccs1)c1ccc(C2CC2)cc1. The van der Waals surface area contributed by atoms with Gasteiger partial charge >= 0.3 is 5.97 Å². The van der Waals surface area contributed by atoms with Crippen LogP contribution in [0.15, 0.2) is 41.8 Å². The van der Waals surface area contributed by atoms with Gasteiger partial charge in [0.2, 0.25) is 0 Å². The van der Waals surface area contributed by atoms with E-state index in [1.807, 2.05) is 29.6 Å². The maximum atomic E-state index is 11.4. The average molecular weight is 287 g/mol. The molecule has 0 aliphatic heterocycles. The number of carboxylic acids is 1. The van der Waals surface area contributed by atoms with E-state index in [1.165, 1.54) is 18.4 Å². The highest BCUT2D eigenvalue weighted by Gasteiger charge is 2.24. The Morgan fingerprint density at radius 1 is 1.30 bits per heavy atom. The van der Waals surface area contributed by atoms with Crippen molar-refractivity contribution in [2.75, 3.05) is 0 Å². The van der Waals surface area contributed by atoms with Crippen molar-refractivity contribution in [3.05, 3.63) is 57.8 Å². The predicted molar refractivity (Wildman–Crippen MR) is 80.0 cm³/mol. The van der Waals surface area contributed by atoms with Crippen LogP contribution in [-0.4, -0.2) is 11.1 Å². The second-order valence-electron chi connectivity index (χ2n) is 5.17. The van der Waals surface area contributed by atoms with Gasteiger partial charge in [0.05, 0.1) is 0 Å². The Hall–Kier alpha value is -1.65. The topological polar surface area (TPSA) is 49.3 Å². The van der Waals surface area contributed by atoms with Gasteiger partial charge < -0.3 is 5.11 Å². The maximum Gasteiger partial charge on any atom is 0.325 e. The van der Waals surface area contributed by atoms with Crippen LogP contribution in [-0.2, 0) is 11.3 Å². The number of carboxylic acid groups (broad SMARTS) is 1. The van der Waals surface area contributed by atoms with Gasteiger partial charge in [0.1, 0.15) is 6.04 Å². The molecule has 104 valence electrons. The van der Waals surface area contributed by atoms with Crippen LogP contribution >= 0.6 is 11.3 Å². The quantitative estimate of drug-likeness (QED) is 0.854. The number of carbonyl (C=O) groups is 1. The van der Waals surface area contributed by atoms with Crippen LogP contribution in [0.1, 0.15) is 40.8 Å². The standard InChI is InChI=1S/C16H17NO2S/c18-16(19)15(17-10-14-2-1-9-20-14)13-7-5-12(6-8-13)11-3-4-11/h1-2,5-9,11,15,17H,3-4,10H2,(H,18,19). The lowest BCUT2D eigenvalue weighted by Gasteiger charge is -2.14. The van der Waals surface area contributed by atoms with E-state index in [0.29, 0.717) is 12.5 Å². The lowest BCUT2D eigenvalue weighted by molar-refractivity contribution is -0.139. The highest BCUT2D eigenvalue weighted by molar-refractivity contribution is 7.09. The lowest BCUT2D eigenvalue weighted by Crippen LogP contribution is -2.27. The van der Waals surface area contributed by atoms with Gasteiger partial charge in [-0.2, -0.15) is 0 Å². The Kier molecular flexibility index (Phi) is 3.85. The first-order valence-electron chi connectivity index (χ1n) is 6.82. The molecule has 2 N–H and O–H groups in total. The van der Waals surface area contributed by atoms with Crippen molar-refractivity contribution < 1.29 is 9.90 Å². The van der Waals surface area contributed by atoms with Gasteiger partial charge in [0, 0.05) is 11.4 Å². The zero-order chi connectivity index (χ0) is 13.9. The molecule has 1 saturated carbocycles. The smallest absolute Gasteiger partial charge is 0.325 e. The minimum absolute atomic E-state index is 0.582. The molecule has 1 atom stereocenters. The molecule has 3 nitrogen and oxygen atoms in total. The van der Waals surface area contributed by atoms with Gasteiger partial charge in [-0.15, -0.1) is 11.3 Å². The molecule has 1 unspecified atom stereocenters. The molecule has 0 bridgehead atoms. The molecule has 1 aromatic carbocycles. The molecule has 20 heavy (non-hydrogen) atoms. The number of aliphatic carboxylic acids is 1. The second-order valence-corrected chi connectivity index (χ2v) is 6.20. The molecule has 3 rings (SSSR count). The monoisotopic (exact) mass is 287 g/mol. The normalized spacial score (nSPS) is 16.0. The van der Waals surface area contributed by atoms with E-state index in [4.69, 9.17) is 0 Å². The van der Waals surface area contributed by atoms with Crippen molar-refractivity contribution in [3.8, 4) is 0 Å². The molecule has 0 saturated heterocycles. The van der Waals surface area contributed by atoms with Gasteiger partial charge in [-0.25, -0.2) is 0 Å². The van der Waals surface area contributed by atoms with Gasteiger partial charge in [-0.3, -0.25) is 10.1 Å². The average Bonchev–Trinajstić information content (AvgIpc) is 3.17. The second kappa shape index (κ2) is 5.77. The van der Waals surface area contributed by atoms with Crippen LogP contribution in [0, 0.1) is 0 Å². The Labute approximate surface area is 122 Å². The molecule has 0 radical (unpaired) electrons. The molecule has 4 heteroatoms.